The molecule has 1 aliphatic rings. The summed E-state index contributed by atoms with van der Waals surface area (Å²) in [6, 6.07) is 18.2. The summed E-state index contributed by atoms with van der Waals surface area (Å²) in [4.78, 5) is 11.7. The van der Waals surface area contributed by atoms with Gasteiger partial charge < -0.3 is 24.8 Å². The number of para-hydroxylation sites is 2. The third-order valence-electron chi connectivity index (χ3n) is 4.18. The number of carbonyl (C=O) groups excluding carboxylic acids is 1. The predicted octanol–water partition coefficient (Wildman–Crippen LogP) is 5.95. The lowest BCUT2D eigenvalue weighted by atomic mass is 10.2. The molecule has 1 heterocycles. The van der Waals surface area contributed by atoms with Crippen molar-refractivity contribution < 1.29 is 19.0 Å². The van der Waals surface area contributed by atoms with Crippen molar-refractivity contribution in [3.05, 3.63) is 65.7 Å². The molecule has 0 aliphatic carbocycles. The largest absolute Gasteiger partial charge is 0.455 e. The van der Waals surface area contributed by atoms with Crippen LogP contribution in [0.1, 0.15) is 13.8 Å². The molecule has 3 aromatic carbocycles. The highest BCUT2D eigenvalue weighted by molar-refractivity contribution is 6.30. The number of anilines is 3. The van der Waals surface area contributed by atoms with E-state index < -0.39 is 0 Å². The van der Waals surface area contributed by atoms with Gasteiger partial charge in [-0.1, -0.05) is 23.7 Å². The molecule has 0 saturated carbocycles. The van der Waals surface area contributed by atoms with E-state index in [4.69, 9.17) is 25.8 Å². The van der Waals surface area contributed by atoms with E-state index in [1.807, 2.05) is 24.3 Å². The highest BCUT2D eigenvalue weighted by atomic mass is 35.5. The second kappa shape index (κ2) is 7.93. The van der Waals surface area contributed by atoms with E-state index in [1.54, 1.807) is 43.3 Å². The molecular weight excluding hydrogens is 392 g/mol. The van der Waals surface area contributed by atoms with Gasteiger partial charge in [0.2, 0.25) is 12.2 Å². The van der Waals surface area contributed by atoms with Crippen molar-refractivity contribution >= 4 is 34.6 Å². The first-order valence-electron chi connectivity index (χ1n) is 9.06. The highest BCUT2D eigenvalue weighted by Gasteiger charge is 2.23. The zero-order chi connectivity index (χ0) is 20.4. The van der Waals surface area contributed by atoms with Gasteiger partial charge in [0.1, 0.15) is 5.75 Å². The topological polar surface area (TPSA) is 68.8 Å². The second-order valence-corrected chi connectivity index (χ2v) is 6.94. The maximum Gasteiger partial charge on any atom is 0.238 e. The summed E-state index contributed by atoms with van der Waals surface area (Å²) in [7, 11) is 0. The van der Waals surface area contributed by atoms with Gasteiger partial charge in [-0.25, -0.2) is 0 Å². The van der Waals surface area contributed by atoms with Gasteiger partial charge in [-0.3, -0.25) is 4.79 Å². The molecule has 3 aromatic rings. The number of halogens is 1. The number of carbonyl (C=O) groups is 1. The van der Waals surface area contributed by atoms with Gasteiger partial charge >= 0.3 is 0 Å². The molecule has 0 fully saturated rings. The number of nitrogens with one attached hydrogen (secondary N) is 2. The molecule has 0 bridgehead atoms. The van der Waals surface area contributed by atoms with E-state index in [-0.39, 0.29) is 12.2 Å². The normalized spacial score (nSPS) is 14.4. The summed E-state index contributed by atoms with van der Waals surface area (Å²) in [5.74, 6) is 2.27. The van der Waals surface area contributed by atoms with E-state index in [0.717, 1.165) is 5.69 Å². The van der Waals surface area contributed by atoms with Crippen LogP contribution in [-0.2, 0) is 4.79 Å². The summed E-state index contributed by atoms with van der Waals surface area (Å²) < 4.78 is 17.3. The zero-order valence-corrected chi connectivity index (χ0v) is 16.6. The number of benzene rings is 3. The van der Waals surface area contributed by atoms with Gasteiger partial charge in [-0.2, -0.15) is 0 Å². The smallest absolute Gasteiger partial charge is 0.238 e. The molecule has 1 atom stereocenters. The van der Waals surface area contributed by atoms with Crippen LogP contribution in [0.5, 0.6) is 23.0 Å². The number of rotatable bonds is 5. The summed E-state index contributed by atoms with van der Waals surface area (Å²) in [6.45, 7) is 3.26. The van der Waals surface area contributed by atoms with E-state index in [9.17, 15) is 4.79 Å². The minimum Gasteiger partial charge on any atom is -0.455 e. The average molecular weight is 411 g/mol. The van der Waals surface area contributed by atoms with Crippen molar-refractivity contribution in [2.24, 2.45) is 0 Å². The highest BCUT2D eigenvalue weighted by Crippen LogP contribution is 2.43. The molecule has 7 heteroatoms. The van der Waals surface area contributed by atoms with Crippen LogP contribution in [0.4, 0.5) is 17.1 Å². The van der Waals surface area contributed by atoms with Gasteiger partial charge in [-0.15, -0.1) is 0 Å². The maximum atomic E-state index is 11.7. The van der Waals surface area contributed by atoms with E-state index in [1.165, 1.54) is 6.92 Å². The van der Waals surface area contributed by atoms with Crippen molar-refractivity contribution in [3.63, 3.8) is 0 Å². The Morgan fingerprint density at radius 3 is 2.31 bits per heavy atom. The second-order valence-electron chi connectivity index (χ2n) is 6.51. The lowest BCUT2D eigenvalue weighted by Crippen LogP contribution is -2.11. The molecule has 1 aliphatic heterocycles. The number of ether oxygens (including phenoxy) is 3. The van der Waals surface area contributed by atoms with Gasteiger partial charge in [0.05, 0.1) is 17.1 Å². The predicted molar refractivity (Wildman–Crippen MR) is 113 cm³/mol. The molecule has 1 amide bonds. The van der Waals surface area contributed by atoms with Crippen LogP contribution >= 0.6 is 11.6 Å². The average Bonchev–Trinajstić information content (AvgIpc) is 3.03. The molecule has 0 aromatic heterocycles. The quantitative estimate of drug-likeness (QED) is 0.543. The molecule has 148 valence electrons. The summed E-state index contributed by atoms with van der Waals surface area (Å²) >= 11 is 5.94. The molecule has 0 saturated heterocycles. The molecule has 6 nitrogen and oxygen atoms in total. The number of hydrogen-bond acceptors (Lipinski definition) is 5. The SMILES string of the molecule is CC(=O)Nc1cc2c(cc1Nc1ccccc1Oc1ccc(Cl)cc1)OC(C)O2. The van der Waals surface area contributed by atoms with Crippen molar-refractivity contribution in [2.75, 3.05) is 10.6 Å². The molecule has 1 unspecified atom stereocenters. The van der Waals surface area contributed by atoms with Gasteiger partial charge in [0, 0.05) is 31.0 Å². The zero-order valence-electron chi connectivity index (χ0n) is 15.9. The van der Waals surface area contributed by atoms with Crippen LogP contribution in [0.25, 0.3) is 0 Å². The third-order valence-corrected chi connectivity index (χ3v) is 4.43. The lowest BCUT2D eigenvalue weighted by Gasteiger charge is -2.16. The Kier molecular flexibility index (Phi) is 5.18. The molecule has 0 radical (unpaired) electrons. The fourth-order valence-corrected chi connectivity index (χ4v) is 3.08. The maximum absolute atomic E-state index is 11.7. The minimum atomic E-state index is -0.383. The molecular formula is C22H19ClN2O4. The monoisotopic (exact) mass is 410 g/mol. The molecule has 29 heavy (non-hydrogen) atoms. The lowest BCUT2D eigenvalue weighted by molar-refractivity contribution is -0.114. The van der Waals surface area contributed by atoms with Crippen LogP contribution in [0.3, 0.4) is 0 Å². The van der Waals surface area contributed by atoms with Gasteiger partial charge in [0.15, 0.2) is 17.2 Å². The first-order chi connectivity index (χ1) is 14.0. The van der Waals surface area contributed by atoms with Gasteiger partial charge in [-0.05, 0) is 36.4 Å². The molecule has 0 spiro atoms. The Labute approximate surface area is 173 Å². The Bertz CT molecular complexity index is 1050. The Balaban J connectivity index is 1.66. The van der Waals surface area contributed by atoms with Crippen LogP contribution < -0.4 is 24.8 Å². The Morgan fingerprint density at radius 2 is 1.62 bits per heavy atom. The summed E-state index contributed by atoms with van der Waals surface area (Å²) in [5.41, 5.74) is 1.96. The van der Waals surface area contributed by atoms with Crippen molar-refractivity contribution in [1.82, 2.24) is 0 Å². The van der Waals surface area contributed by atoms with Crippen molar-refractivity contribution in [1.29, 1.82) is 0 Å². The Morgan fingerprint density at radius 1 is 0.966 bits per heavy atom. The van der Waals surface area contributed by atoms with E-state index >= 15 is 0 Å². The third kappa shape index (κ3) is 4.38. The van der Waals surface area contributed by atoms with Crippen LogP contribution in [0, 0.1) is 0 Å². The molecule has 2 N–H and O–H groups in total. The van der Waals surface area contributed by atoms with Crippen LogP contribution in [0.15, 0.2) is 60.7 Å². The van der Waals surface area contributed by atoms with Crippen LogP contribution in [0.2, 0.25) is 5.02 Å². The van der Waals surface area contributed by atoms with E-state index in [2.05, 4.69) is 10.6 Å². The fraction of sp³-hybridized carbons (Fsp3) is 0.136. The Hall–Kier alpha value is -3.38. The van der Waals surface area contributed by atoms with Crippen molar-refractivity contribution in [2.45, 2.75) is 20.1 Å². The number of fused-ring (bicyclic) bond motifs is 1. The van der Waals surface area contributed by atoms with Crippen LogP contribution in [-0.4, -0.2) is 12.2 Å². The van der Waals surface area contributed by atoms with E-state index in [0.29, 0.717) is 39.4 Å². The first-order valence-corrected chi connectivity index (χ1v) is 9.44. The van der Waals surface area contributed by atoms with Crippen molar-refractivity contribution in [3.8, 4) is 23.0 Å². The number of hydrogen-bond donors (Lipinski definition) is 2. The standard InChI is InChI=1S/C22H19ClN2O4/c1-13(26)24-18-11-21-22(28-14(2)27-21)12-19(18)25-17-5-3-4-6-20(17)29-16-9-7-15(23)8-10-16/h3-12,14,25H,1-2H3,(H,24,26). The fourth-order valence-electron chi connectivity index (χ4n) is 2.96. The van der Waals surface area contributed by atoms with Gasteiger partial charge in [0.25, 0.3) is 0 Å². The minimum absolute atomic E-state index is 0.189. The number of amides is 1. The summed E-state index contributed by atoms with van der Waals surface area (Å²) in [5, 5.41) is 6.78. The first kappa shape index (κ1) is 19.0. The molecule has 4 rings (SSSR count). The summed E-state index contributed by atoms with van der Waals surface area (Å²) in [6.07, 6.45) is -0.383.